The largest absolute Gasteiger partial charge is 0.497 e. The summed E-state index contributed by atoms with van der Waals surface area (Å²) in [6, 6.07) is 18.4. The van der Waals surface area contributed by atoms with Crippen LogP contribution in [-0.4, -0.2) is 27.9 Å². The molecule has 0 N–H and O–H groups in total. The van der Waals surface area contributed by atoms with Crippen molar-refractivity contribution in [2.45, 2.75) is 6.54 Å². The quantitative estimate of drug-likeness (QED) is 0.401. The molecule has 0 spiro atoms. The molecule has 3 aromatic carbocycles. The summed E-state index contributed by atoms with van der Waals surface area (Å²) in [5.74, 6) is 0.757. The number of methoxy groups -OCH3 is 2. The Kier molecular flexibility index (Phi) is 5.20. The second-order valence-corrected chi connectivity index (χ2v) is 7.94. The van der Waals surface area contributed by atoms with Gasteiger partial charge in [0, 0.05) is 18.0 Å². The molecule has 0 aliphatic rings. The van der Waals surface area contributed by atoms with Gasteiger partial charge in [0.25, 0.3) is 5.56 Å². The number of nitrogens with zero attached hydrogens (tertiary/aromatic N) is 3. The molecule has 0 saturated carbocycles. The average Bonchev–Trinajstić information content (AvgIpc) is 3.15. The molecule has 0 atom stereocenters. The molecule has 34 heavy (non-hydrogen) atoms. The first-order valence-corrected chi connectivity index (χ1v) is 10.6. The van der Waals surface area contributed by atoms with Crippen molar-refractivity contribution in [1.82, 2.24) is 13.7 Å². The summed E-state index contributed by atoms with van der Waals surface area (Å²) >= 11 is 0. The number of hydrogen-bond donors (Lipinski definition) is 0. The Balaban J connectivity index is 1.92. The first-order valence-electron chi connectivity index (χ1n) is 10.6. The van der Waals surface area contributed by atoms with Gasteiger partial charge in [-0.1, -0.05) is 18.2 Å². The van der Waals surface area contributed by atoms with Crippen LogP contribution in [0.1, 0.15) is 5.56 Å². The van der Waals surface area contributed by atoms with Gasteiger partial charge in [0.05, 0.1) is 37.5 Å². The molecule has 0 aliphatic heterocycles. The highest BCUT2D eigenvalue weighted by molar-refractivity contribution is 6.06. The lowest BCUT2D eigenvalue weighted by Gasteiger charge is -2.14. The molecule has 0 aliphatic carbocycles. The molecule has 0 amide bonds. The standard InChI is InChI=1S/C26H22FN3O4/c1-28-22-13-12-19(34-3)14-20(22)23-24(28)25(31)30(17-8-10-18(33-2)11-9-17)26(32)29(23)15-16-6-4-5-7-21(16)27/h4-14H,15H2,1-3H3. The van der Waals surface area contributed by atoms with Gasteiger partial charge in [-0.05, 0) is 48.5 Å². The van der Waals surface area contributed by atoms with Gasteiger partial charge in [-0.2, -0.15) is 0 Å². The van der Waals surface area contributed by atoms with E-state index in [0.29, 0.717) is 39.2 Å². The van der Waals surface area contributed by atoms with Crippen molar-refractivity contribution in [2.75, 3.05) is 14.2 Å². The third-order valence-corrected chi connectivity index (χ3v) is 6.09. The van der Waals surface area contributed by atoms with E-state index < -0.39 is 17.1 Å². The molecule has 172 valence electrons. The summed E-state index contributed by atoms with van der Waals surface area (Å²) in [6.45, 7) is -0.0469. The maximum atomic E-state index is 14.6. The predicted octanol–water partition coefficient (Wildman–Crippen LogP) is 3.85. The van der Waals surface area contributed by atoms with Gasteiger partial charge in [0.2, 0.25) is 0 Å². The van der Waals surface area contributed by atoms with Gasteiger partial charge < -0.3 is 14.0 Å². The predicted molar refractivity (Wildman–Crippen MR) is 129 cm³/mol. The average molecular weight is 459 g/mol. The van der Waals surface area contributed by atoms with Crippen molar-refractivity contribution in [2.24, 2.45) is 7.05 Å². The molecule has 5 rings (SSSR count). The zero-order chi connectivity index (χ0) is 24.0. The van der Waals surface area contributed by atoms with E-state index in [4.69, 9.17) is 9.47 Å². The second kappa shape index (κ2) is 8.22. The molecule has 0 radical (unpaired) electrons. The number of aryl methyl sites for hydroxylation is 1. The summed E-state index contributed by atoms with van der Waals surface area (Å²) in [5.41, 5.74) is 1.21. The Morgan fingerprint density at radius 2 is 1.53 bits per heavy atom. The molecule has 0 saturated heterocycles. The number of halogens is 1. The Labute approximate surface area is 193 Å². The van der Waals surface area contributed by atoms with Gasteiger partial charge in [0.15, 0.2) is 0 Å². The number of rotatable bonds is 5. The minimum Gasteiger partial charge on any atom is -0.497 e. The number of ether oxygens (including phenoxy) is 2. The van der Waals surface area contributed by atoms with Gasteiger partial charge in [0.1, 0.15) is 22.8 Å². The van der Waals surface area contributed by atoms with Crippen LogP contribution in [0.15, 0.2) is 76.3 Å². The van der Waals surface area contributed by atoms with Crippen molar-refractivity contribution in [3.8, 4) is 17.2 Å². The zero-order valence-electron chi connectivity index (χ0n) is 18.9. The molecule has 5 aromatic rings. The molecule has 0 fully saturated rings. The van der Waals surface area contributed by atoms with Crippen molar-refractivity contribution in [3.63, 3.8) is 0 Å². The Hall–Kier alpha value is -4.33. The van der Waals surface area contributed by atoms with E-state index in [1.807, 2.05) is 6.07 Å². The van der Waals surface area contributed by atoms with Crippen LogP contribution in [-0.2, 0) is 13.6 Å². The van der Waals surface area contributed by atoms with Crippen molar-refractivity contribution in [1.29, 1.82) is 0 Å². The fraction of sp³-hybridized carbons (Fsp3) is 0.154. The lowest BCUT2D eigenvalue weighted by Crippen LogP contribution is -2.39. The fourth-order valence-corrected chi connectivity index (χ4v) is 4.36. The normalized spacial score (nSPS) is 11.3. The van der Waals surface area contributed by atoms with Crippen LogP contribution in [0, 0.1) is 5.82 Å². The van der Waals surface area contributed by atoms with E-state index in [2.05, 4.69) is 0 Å². The van der Waals surface area contributed by atoms with Crippen LogP contribution >= 0.6 is 0 Å². The van der Waals surface area contributed by atoms with Crippen molar-refractivity contribution < 1.29 is 13.9 Å². The fourth-order valence-electron chi connectivity index (χ4n) is 4.36. The SMILES string of the molecule is COc1ccc(-n2c(=O)c3c(c4cc(OC)ccc4n3C)n(Cc3ccccc3F)c2=O)cc1. The number of fused-ring (bicyclic) bond motifs is 3. The molecule has 2 aromatic heterocycles. The minimum absolute atomic E-state index is 0.0469. The highest BCUT2D eigenvalue weighted by Crippen LogP contribution is 2.29. The Bertz CT molecular complexity index is 1660. The van der Waals surface area contributed by atoms with E-state index >= 15 is 0 Å². The van der Waals surface area contributed by atoms with E-state index in [1.165, 1.54) is 10.6 Å². The van der Waals surface area contributed by atoms with Crippen LogP contribution < -0.4 is 20.7 Å². The smallest absolute Gasteiger partial charge is 0.336 e. The lowest BCUT2D eigenvalue weighted by molar-refractivity contribution is 0.414. The minimum atomic E-state index is -0.568. The van der Waals surface area contributed by atoms with E-state index in [9.17, 15) is 14.0 Å². The molecule has 7 nitrogen and oxygen atoms in total. The van der Waals surface area contributed by atoms with E-state index in [0.717, 1.165) is 10.1 Å². The Morgan fingerprint density at radius 3 is 2.21 bits per heavy atom. The summed E-state index contributed by atoms with van der Waals surface area (Å²) < 4.78 is 29.5. The number of benzene rings is 3. The second-order valence-electron chi connectivity index (χ2n) is 7.94. The third kappa shape index (κ3) is 3.26. The van der Waals surface area contributed by atoms with Gasteiger partial charge >= 0.3 is 5.69 Å². The van der Waals surface area contributed by atoms with Crippen LogP contribution in [0.2, 0.25) is 0 Å². The number of hydrogen-bond acceptors (Lipinski definition) is 4. The molecule has 0 bridgehead atoms. The van der Waals surface area contributed by atoms with Gasteiger partial charge in [-0.3, -0.25) is 9.36 Å². The van der Waals surface area contributed by atoms with Gasteiger partial charge in [-0.15, -0.1) is 0 Å². The third-order valence-electron chi connectivity index (χ3n) is 6.09. The molecule has 2 heterocycles. The zero-order valence-corrected chi connectivity index (χ0v) is 18.9. The molecule has 0 unspecified atom stereocenters. The highest BCUT2D eigenvalue weighted by atomic mass is 19.1. The molecular weight excluding hydrogens is 437 g/mol. The van der Waals surface area contributed by atoms with Crippen LogP contribution in [0.25, 0.3) is 27.6 Å². The maximum absolute atomic E-state index is 14.6. The first kappa shape index (κ1) is 21.5. The molecule has 8 heteroatoms. The molecular formula is C26H22FN3O4. The topological polar surface area (TPSA) is 67.4 Å². The highest BCUT2D eigenvalue weighted by Gasteiger charge is 2.22. The number of aromatic nitrogens is 3. The van der Waals surface area contributed by atoms with Crippen molar-refractivity contribution >= 4 is 21.9 Å². The summed E-state index contributed by atoms with van der Waals surface area (Å²) in [6.07, 6.45) is 0. The monoisotopic (exact) mass is 459 g/mol. The van der Waals surface area contributed by atoms with Crippen molar-refractivity contribution in [3.05, 3.63) is 98.9 Å². The van der Waals surface area contributed by atoms with Crippen LogP contribution in [0.5, 0.6) is 11.5 Å². The maximum Gasteiger partial charge on any atom is 0.336 e. The summed E-state index contributed by atoms with van der Waals surface area (Å²) in [7, 11) is 4.86. The summed E-state index contributed by atoms with van der Waals surface area (Å²) in [4.78, 5) is 27.5. The van der Waals surface area contributed by atoms with E-state index in [1.54, 1.807) is 80.4 Å². The Morgan fingerprint density at radius 1 is 0.853 bits per heavy atom. The first-order chi connectivity index (χ1) is 16.4. The van der Waals surface area contributed by atoms with Crippen LogP contribution in [0.4, 0.5) is 4.39 Å². The van der Waals surface area contributed by atoms with Gasteiger partial charge in [-0.25, -0.2) is 13.8 Å². The lowest BCUT2D eigenvalue weighted by atomic mass is 10.2. The summed E-state index contributed by atoms with van der Waals surface area (Å²) in [5, 5.41) is 0.671. The van der Waals surface area contributed by atoms with Crippen LogP contribution in [0.3, 0.4) is 0 Å². The van der Waals surface area contributed by atoms with E-state index in [-0.39, 0.29) is 6.54 Å².